The Hall–Kier alpha value is -0.130. The molecule has 0 fully saturated rings. The standard InChI is InChI=1S/C11H7BrCl2FNS/c12-5-4-8(17-11(5)14)10(16)9-6(13)2-1-3-7(9)15/h1-4,10H,16H2. The summed E-state index contributed by atoms with van der Waals surface area (Å²) < 4.78 is 15.0. The molecule has 0 aliphatic carbocycles. The van der Waals surface area contributed by atoms with Crippen molar-refractivity contribution in [1.82, 2.24) is 0 Å². The Morgan fingerprint density at radius 3 is 2.59 bits per heavy atom. The van der Waals surface area contributed by atoms with Crippen LogP contribution in [0.4, 0.5) is 4.39 Å². The second-order valence-corrected chi connectivity index (χ2v) is 6.33. The number of rotatable bonds is 2. The van der Waals surface area contributed by atoms with Crippen molar-refractivity contribution in [1.29, 1.82) is 0 Å². The number of hydrogen-bond donors (Lipinski definition) is 1. The van der Waals surface area contributed by atoms with Gasteiger partial charge in [0.15, 0.2) is 0 Å². The maximum Gasteiger partial charge on any atom is 0.129 e. The molecule has 0 aliphatic rings. The summed E-state index contributed by atoms with van der Waals surface area (Å²) in [6.07, 6.45) is 0. The Bertz CT molecular complexity index is 519. The van der Waals surface area contributed by atoms with Crippen molar-refractivity contribution < 1.29 is 4.39 Å². The van der Waals surface area contributed by atoms with Gasteiger partial charge in [-0.05, 0) is 34.1 Å². The van der Waals surface area contributed by atoms with Gasteiger partial charge in [0.1, 0.15) is 10.2 Å². The smallest absolute Gasteiger partial charge is 0.129 e. The number of hydrogen-bond acceptors (Lipinski definition) is 2. The molecule has 2 rings (SSSR count). The van der Waals surface area contributed by atoms with E-state index in [1.165, 1.54) is 17.4 Å². The van der Waals surface area contributed by atoms with Gasteiger partial charge >= 0.3 is 0 Å². The van der Waals surface area contributed by atoms with Gasteiger partial charge in [0.25, 0.3) is 0 Å². The number of thiophene rings is 1. The Labute approximate surface area is 120 Å². The molecule has 0 radical (unpaired) electrons. The predicted octanol–water partition coefficient (Wildman–Crippen LogP) is 5.00. The van der Waals surface area contributed by atoms with Crippen molar-refractivity contribution in [2.24, 2.45) is 5.73 Å². The van der Waals surface area contributed by atoms with Crippen LogP contribution in [-0.2, 0) is 0 Å². The second-order valence-electron chi connectivity index (χ2n) is 3.38. The molecule has 17 heavy (non-hydrogen) atoms. The lowest BCUT2D eigenvalue weighted by Crippen LogP contribution is -2.12. The van der Waals surface area contributed by atoms with Crippen molar-refractivity contribution in [2.45, 2.75) is 6.04 Å². The molecule has 1 nitrogen and oxygen atoms in total. The highest BCUT2D eigenvalue weighted by Crippen LogP contribution is 2.38. The summed E-state index contributed by atoms with van der Waals surface area (Å²) in [7, 11) is 0. The first-order chi connectivity index (χ1) is 8.00. The van der Waals surface area contributed by atoms with E-state index in [0.29, 0.717) is 14.9 Å². The molecule has 1 aromatic heterocycles. The maximum atomic E-state index is 13.7. The molecule has 1 aromatic carbocycles. The fourth-order valence-corrected chi connectivity index (χ4v) is 3.49. The van der Waals surface area contributed by atoms with Crippen molar-refractivity contribution >= 4 is 50.5 Å². The molecule has 90 valence electrons. The molecule has 1 heterocycles. The molecule has 0 amide bonds. The summed E-state index contributed by atoms with van der Waals surface area (Å²) in [5.41, 5.74) is 6.30. The third-order valence-electron chi connectivity index (χ3n) is 2.28. The summed E-state index contributed by atoms with van der Waals surface area (Å²) in [6.45, 7) is 0. The zero-order chi connectivity index (χ0) is 12.6. The maximum absolute atomic E-state index is 13.7. The highest BCUT2D eigenvalue weighted by molar-refractivity contribution is 9.10. The van der Waals surface area contributed by atoms with Crippen LogP contribution in [0.15, 0.2) is 28.7 Å². The molecule has 2 aromatic rings. The Kier molecular flexibility index (Phi) is 4.10. The minimum Gasteiger partial charge on any atom is -0.319 e. The lowest BCUT2D eigenvalue weighted by Gasteiger charge is -2.12. The summed E-state index contributed by atoms with van der Waals surface area (Å²) in [5.74, 6) is -0.411. The van der Waals surface area contributed by atoms with E-state index in [2.05, 4.69) is 15.9 Å². The van der Waals surface area contributed by atoms with Crippen LogP contribution in [0.25, 0.3) is 0 Å². The molecule has 2 N–H and O–H groups in total. The van der Waals surface area contributed by atoms with Crippen LogP contribution >= 0.6 is 50.5 Å². The van der Waals surface area contributed by atoms with Gasteiger partial charge in [-0.2, -0.15) is 0 Å². The van der Waals surface area contributed by atoms with E-state index >= 15 is 0 Å². The van der Waals surface area contributed by atoms with Crippen molar-refractivity contribution in [2.75, 3.05) is 0 Å². The van der Waals surface area contributed by atoms with Crippen LogP contribution in [0.1, 0.15) is 16.5 Å². The number of halogens is 4. The minimum absolute atomic E-state index is 0.291. The first-order valence-electron chi connectivity index (χ1n) is 4.65. The van der Waals surface area contributed by atoms with Gasteiger partial charge in [0.05, 0.1) is 6.04 Å². The fourth-order valence-electron chi connectivity index (χ4n) is 1.47. The van der Waals surface area contributed by atoms with Crippen LogP contribution < -0.4 is 5.73 Å². The van der Waals surface area contributed by atoms with E-state index in [4.69, 9.17) is 28.9 Å². The second kappa shape index (κ2) is 5.24. The van der Waals surface area contributed by atoms with Gasteiger partial charge < -0.3 is 5.73 Å². The fraction of sp³-hybridized carbons (Fsp3) is 0.0909. The van der Waals surface area contributed by atoms with Crippen LogP contribution in [0, 0.1) is 5.82 Å². The average Bonchev–Trinajstić information content (AvgIpc) is 2.59. The van der Waals surface area contributed by atoms with Gasteiger partial charge in [-0.25, -0.2) is 4.39 Å². The lowest BCUT2D eigenvalue weighted by molar-refractivity contribution is 0.601. The van der Waals surface area contributed by atoms with Crippen molar-refractivity contribution in [3.63, 3.8) is 0 Å². The molecule has 0 spiro atoms. The van der Waals surface area contributed by atoms with Gasteiger partial charge in [-0.1, -0.05) is 29.3 Å². The predicted molar refractivity (Wildman–Crippen MR) is 74.5 cm³/mol. The van der Waals surface area contributed by atoms with Crippen molar-refractivity contribution in [3.05, 3.63) is 54.4 Å². The molecule has 6 heteroatoms. The van der Waals surface area contributed by atoms with Gasteiger partial charge in [-0.3, -0.25) is 0 Å². The quantitative estimate of drug-likeness (QED) is 0.806. The third-order valence-corrected chi connectivity index (χ3v) is 5.17. The Balaban J connectivity index is 2.47. The molecule has 0 aliphatic heterocycles. The largest absolute Gasteiger partial charge is 0.319 e. The van der Waals surface area contributed by atoms with E-state index in [1.54, 1.807) is 18.2 Å². The third kappa shape index (κ3) is 2.66. The molecule has 0 saturated heterocycles. The molecular weight excluding hydrogens is 348 g/mol. The summed E-state index contributed by atoms with van der Waals surface area (Å²) in [5, 5.41) is 0.318. The zero-order valence-electron chi connectivity index (χ0n) is 8.38. The minimum atomic E-state index is -0.613. The van der Waals surface area contributed by atoms with E-state index in [9.17, 15) is 4.39 Å². The van der Waals surface area contributed by atoms with E-state index in [1.807, 2.05) is 0 Å². The molecule has 1 unspecified atom stereocenters. The summed E-state index contributed by atoms with van der Waals surface area (Å²) in [4.78, 5) is 0.758. The van der Waals surface area contributed by atoms with E-state index in [0.717, 1.165) is 9.35 Å². The highest BCUT2D eigenvalue weighted by Gasteiger charge is 2.19. The molecule has 0 bridgehead atoms. The molecular formula is C11H7BrCl2FNS. The number of benzene rings is 1. The normalized spacial score (nSPS) is 12.8. The van der Waals surface area contributed by atoms with Crippen LogP contribution in [0.5, 0.6) is 0 Å². The topological polar surface area (TPSA) is 26.0 Å². The SMILES string of the molecule is NC(c1cc(Br)c(Cl)s1)c1c(F)cccc1Cl. The van der Waals surface area contributed by atoms with E-state index < -0.39 is 11.9 Å². The summed E-state index contributed by atoms with van der Waals surface area (Å²) in [6, 6.07) is 5.67. The zero-order valence-corrected chi connectivity index (χ0v) is 12.3. The van der Waals surface area contributed by atoms with E-state index in [-0.39, 0.29) is 0 Å². The first kappa shape index (κ1) is 13.3. The lowest BCUT2D eigenvalue weighted by atomic mass is 10.1. The Morgan fingerprint density at radius 1 is 1.35 bits per heavy atom. The van der Waals surface area contributed by atoms with Crippen molar-refractivity contribution in [3.8, 4) is 0 Å². The van der Waals surface area contributed by atoms with Gasteiger partial charge in [0.2, 0.25) is 0 Å². The average molecular weight is 355 g/mol. The van der Waals surface area contributed by atoms with Crippen LogP contribution in [0.3, 0.4) is 0 Å². The molecule has 0 saturated carbocycles. The first-order valence-corrected chi connectivity index (χ1v) is 7.01. The van der Waals surface area contributed by atoms with Gasteiger partial charge in [0, 0.05) is 19.9 Å². The van der Waals surface area contributed by atoms with Crippen LogP contribution in [-0.4, -0.2) is 0 Å². The van der Waals surface area contributed by atoms with Gasteiger partial charge in [-0.15, -0.1) is 11.3 Å². The Morgan fingerprint density at radius 2 is 2.06 bits per heavy atom. The number of nitrogens with two attached hydrogens (primary N) is 1. The molecule has 1 atom stereocenters. The monoisotopic (exact) mass is 353 g/mol. The van der Waals surface area contributed by atoms with Crippen LogP contribution in [0.2, 0.25) is 9.36 Å². The summed E-state index contributed by atoms with van der Waals surface area (Å²) >= 11 is 16.5. The highest BCUT2D eigenvalue weighted by atomic mass is 79.9.